The number of benzene rings is 2. The normalized spacial score (nSPS) is 9.96. The van der Waals surface area contributed by atoms with Crippen molar-refractivity contribution in [3.8, 4) is 17.2 Å². The van der Waals surface area contributed by atoms with Crippen LogP contribution < -0.4 is 24.8 Å². The molecule has 0 aromatic heterocycles. The summed E-state index contributed by atoms with van der Waals surface area (Å²) in [6.07, 6.45) is 0. The van der Waals surface area contributed by atoms with Crippen molar-refractivity contribution in [3.05, 3.63) is 48.0 Å². The van der Waals surface area contributed by atoms with E-state index in [1.54, 1.807) is 32.4 Å². The number of ether oxygens (including phenoxy) is 3. The second kappa shape index (κ2) is 8.67. The highest BCUT2D eigenvalue weighted by Crippen LogP contribution is 2.27. The lowest BCUT2D eigenvalue weighted by molar-refractivity contribution is 0.247. The van der Waals surface area contributed by atoms with Crippen LogP contribution in [0.3, 0.4) is 0 Å². The highest BCUT2D eigenvalue weighted by molar-refractivity contribution is 5.89. The van der Waals surface area contributed by atoms with E-state index in [9.17, 15) is 4.79 Å². The van der Waals surface area contributed by atoms with E-state index < -0.39 is 0 Å². The summed E-state index contributed by atoms with van der Waals surface area (Å²) >= 11 is 0. The van der Waals surface area contributed by atoms with Crippen LogP contribution >= 0.6 is 0 Å². The Morgan fingerprint density at radius 2 is 1.62 bits per heavy atom. The van der Waals surface area contributed by atoms with Gasteiger partial charge in [-0.15, -0.1) is 0 Å². The Kier molecular flexibility index (Phi) is 6.31. The van der Waals surface area contributed by atoms with Crippen molar-refractivity contribution in [2.45, 2.75) is 6.92 Å². The first-order valence-electron chi connectivity index (χ1n) is 7.58. The number of hydrogen-bond donors (Lipinski definition) is 2. The molecule has 0 bridgehead atoms. The van der Waals surface area contributed by atoms with Gasteiger partial charge in [-0.1, -0.05) is 18.2 Å². The second-order valence-electron chi connectivity index (χ2n) is 5.09. The summed E-state index contributed by atoms with van der Waals surface area (Å²) in [4.78, 5) is 11.9. The lowest BCUT2D eigenvalue weighted by atomic mass is 10.2. The molecule has 2 rings (SSSR count). The smallest absolute Gasteiger partial charge is 0.319 e. The molecule has 0 heterocycles. The van der Waals surface area contributed by atoms with Gasteiger partial charge in [-0.2, -0.15) is 0 Å². The molecule has 6 heteroatoms. The number of amides is 2. The predicted octanol–water partition coefficient (Wildman–Crippen LogP) is 3.21. The third kappa shape index (κ3) is 5.08. The highest BCUT2D eigenvalue weighted by Gasteiger charge is 2.05. The number of carbonyl (C=O) groups excluding carboxylic acids is 1. The van der Waals surface area contributed by atoms with Crippen LogP contribution in [0.5, 0.6) is 17.2 Å². The lowest BCUT2D eigenvalue weighted by Gasteiger charge is -2.12. The molecule has 6 nitrogen and oxygen atoms in total. The third-order valence-corrected chi connectivity index (χ3v) is 3.37. The van der Waals surface area contributed by atoms with Gasteiger partial charge in [0.1, 0.15) is 23.9 Å². The average molecular weight is 330 g/mol. The number of aryl methyl sites for hydroxylation is 1. The van der Waals surface area contributed by atoms with Gasteiger partial charge >= 0.3 is 6.03 Å². The van der Waals surface area contributed by atoms with E-state index in [4.69, 9.17) is 14.2 Å². The van der Waals surface area contributed by atoms with Crippen molar-refractivity contribution >= 4 is 11.7 Å². The Labute approximate surface area is 141 Å². The minimum absolute atomic E-state index is 0.267. The van der Waals surface area contributed by atoms with Crippen LogP contribution in [0.1, 0.15) is 5.56 Å². The zero-order valence-electron chi connectivity index (χ0n) is 14.1. The van der Waals surface area contributed by atoms with Gasteiger partial charge in [-0.3, -0.25) is 0 Å². The Morgan fingerprint density at radius 3 is 2.25 bits per heavy atom. The van der Waals surface area contributed by atoms with E-state index in [0.717, 1.165) is 11.3 Å². The van der Waals surface area contributed by atoms with E-state index in [0.29, 0.717) is 30.4 Å². The number of hydrogen-bond acceptors (Lipinski definition) is 4. The Morgan fingerprint density at radius 1 is 1.00 bits per heavy atom. The highest BCUT2D eigenvalue weighted by atomic mass is 16.5. The first-order chi connectivity index (χ1) is 11.6. The molecule has 0 spiro atoms. The largest absolute Gasteiger partial charge is 0.496 e. The molecule has 0 aliphatic rings. The number of anilines is 1. The molecule has 2 amide bonds. The molecular formula is C18H22N2O4. The molecule has 0 atom stereocenters. The second-order valence-corrected chi connectivity index (χ2v) is 5.09. The van der Waals surface area contributed by atoms with Gasteiger partial charge in [0.25, 0.3) is 0 Å². The molecule has 0 aliphatic heterocycles. The van der Waals surface area contributed by atoms with Crippen LogP contribution in [0.4, 0.5) is 10.5 Å². The average Bonchev–Trinajstić information content (AvgIpc) is 2.60. The van der Waals surface area contributed by atoms with Gasteiger partial charge in [-0.05, 0) is 18.6 Å². The lowest BCUT2D eigenvalue weighted by Crippen LogP contribution is -2.32. The van der Waals surface area contributed by atoms with E-state index in [-0.39, 0.29) is 6.03 Å². The van der Waals surface area contributed by atoms with E-state index in [2.05, 4.69) is 10.6 Å². The zero-order chi connectivity index (χ0) is 17.4. The van der Waals surface area contributed by atoms with Gasteiger partial charge in [-0.25, -0.2) is 4.79 Å². The fourth-order valence-electron chi connectivity index (χ4n) is 2.08. The van der Waals surface area contributed by atoms with Crippen molar-refractivity contribution in [1.82, 2.24) is 5.32 Å². The summed E-state index contributed by atoms with van der Waals surface area (Å²) in [5.74, 6) is 1.91. The molecule has 2 aromatic carbocycles. The summed E-state index contributed by atoms with van der Waals surface area (Å²) in [6, 6.07) is 12.6. The van der Waals surface area contributed by atoms with Crippen LogP contribution in [0.2, 0.25) is 0 Å². The Balaban J connectivity index is 1.78. The first kappa shape index (κ1) is 17.5. The summed E-state index contributed by atoms with van der Waals surface area (Å²) in [6.45, 7) is 2.64. The summed E-state index contributed by atoms with van der Waals surface area (Å²) in [7, 11) is 3.16. The fourth-order valence-corrected chi connectivity index (χ4v) is 2.08. The van der Waals surface area contributed by atoms with Crippen molar-refractivity contribution < 1.29 is 19.0 Å². The minimum Gasteiger partial charge on any atom is -0.496 e. The summed E-state index contributed by atoms with van der Waals surface area (Å²) in [5.41, 5.74) is 1.79. The SMILES string of the molecule is COc1cc(OC)cc(OCCNC(=O)Nc2ccccc2C)c1. The van der Waals surface area contributed by atoms with Crippen molar-refractivity contribution in [2.75, 3.05) is 32.7 Å². The molecule has 24 heavy (non-hydrogen) atoms. The molecule has 0 aliphatic carbocycles. The maximum absolute atomic E-state index is 11.9. The van der Waals surface area contributed by atoms with E-state index in [1.807, 2.05) is 31.2 Å². The van der Waals surface area contributed by atoms with Crippen LogP contribution in [0.15, 0.2) is 42.5 Å². The van der Waals surface area contributed by atoms with Gasteiger partial charge in [0.05, 0.1) is 20.8 Å². The number of urea groups is 1. The Hall–Kier alpha value is -2.89. The van der Waals surface area contributed by atoms with Crippen LogP contribution in [-0.2, 0) is 0 Å². The molecule has 0 saturated heterocycles. The number of rotatable bonds is 7. The standard InChI is InChI=1S/C18H22N2O4/c1-13-6-4-5-7-17(13)20-18(21)19-8-9-24-16-11-14(22-2)10-15(12-16)23-3/h4-7,10-12H,8-9H2,1-3H3,(H2,19,20,21). The quantitative estimate of drug-likeness (QED) is 0.765. The van der Waals surface area contributed by atoms with Crippen LogP contribution in [0, 0.1) is 6.92 Å². The third-order valence-electron chi connectivity index (χ3n) is 3.37. The number of nitrogens with one attached hydrogen (secondary N) is 2. The van der Waals surface area contributed by atoms with Gasteiger partial charge in [0, 0.05) is 23.9 Å². The minimum atomic E-state index is -0.267. The molecule has 0 saturated carbocycles. The number of carbonyl (C=O) groups is 1. The molecule has 2 aromatic rings. The topological polar surface area (TPSA) is 68.8 Å². The maximum atomic E-state index is 11.9. The van der Waals surface area contributed by atoms with E-state index in [1.165, 1.54) is 0 Å². The predicted molar refractivity (Wildman–Crippen MR) is 93.2 cm³/mol. The Bertz CT molecular complexity index is 666. The first-order valence-corrected chi connectivity index (χ1v) is 7.58. The van der Waals surface area contributed by atoms with Gasteiger partial charge in [0.15, 0.2) is 0 Å². The van der Waals surface area contributed by atoms with Crippen molar-refractivity contribution in [2.24, 2.45) is 0 Å². The number of para-hydroxylation sites is 1. The van der Waals surface area contributed by atoms with Gasteiger partial charge < -0.3 is 24.8 Å². The van der Waals surface area contributed by atoms with Crippen LogP contribution in [-0.4, -0.2) is 33.4 Å². The maximum Gasteiger partial charge on any atom is 0.319 e. The zero-order valence-corrected chi connectivity index (χ0v) is 14.1. The summed E-state index contributed by atoms with van der Waals surface area (Å²) in [5, 5.41) is 5.55. The van der Waals surface area contributed by atoms with Crippen LogP contribution in [0.25, 0.3) is 0 Å². The molecular weight excluding hydrogens is 308 g/mol. The van der Waals surface area contributed by atoms with Gasteiger partial charge in [0.2, 0.25) is 0 Å². The molecule has 0 fully saturated rings. The van der Waals surface area contributed by atoms with E-state index >= 15 is 0 Å². The van der Waals surface area contributed by atoms with Crippen molar-refractivity contribution in [3.63, 3.8) is 0 Å². The molecule has 0 radical (unpaired) electrons. The molecule has 128 valence electrons. The molecule has 2 N–H and O–H groups in total. The summed E-state index contributed by atoms with van der Waals surface area (Å²) < 4.78 is 16.0. The van der Waals surface area contributed by atoms with Crippen molar-refractivity contribution in [1.29, 1.82) is 0 Å². The fraction of sp³-hybridized carbons (Fsp3) is 0.278. The number of methoxy groups -OCH3 is 2. The molecule has 0 unspecified atom stereocenters. The monoisotopic (exact) mass is 330 g/mol.